The Balaban J connectivity index is 2.19. The standard InChI is InChI=1S/C12H10O4S/c1-2-15-12(14)9-6-5-8(16-9)11(13)10-4-3-7-17-10/h3-7H,2H2,1H3. The molecule has 4 nitrogen and oxygen atoms in total. The van der Waals surface area contributed by atoms with Gasteiger partial charge in [0.1, 0.15) is 0 Å². The van der Waals surface area contributed by atoms with Crippen molar-refractivity contribution in [2.24, 2.45) is 0 Å². The number of carbonyl (C=O) groups is 2. The molecule has 0 atom stereocenters. The molecule has 0 spiro atoms. The Morgan fingerprint density at radius 2 is 2.06 bits per heavy atom. The van der Waals surface area contributed by atoms with Crippen LogP contribution in [0.2, 0.25) is 0 Å². The quantitative estimate of drug-likeness (QED) is 0.618. The van der Waals surface area contributed by atoms with Crippen molar-refractivity contribution >= 4 is 23.1 Å². The van der Waals surface area contributed by atoms with Crippen molar-refractivity contribution in [3.8, 4) is 0 Å². The molecule has 88 valence electrons. The van der Waals surface area contributed by atoms with Crippen molar-refractivity contribution in [3.63, 3.8) is 0 Å². The minimum absolute atomic E-state index is 0.0479. The molecule has 0 radical (unpaired) electrons. The zero-order valence-corrected chi connectivity index (χ0v) is 9.95. The van der Waals surface area contributed by atoms with Crippen LogP contribution < -0.4 is 0 Å². The maximum atomic E-state index is 11.9. The predicted molar refractivity (Wildman–Crippen MR) is 62.4 cm³/mol. The normalized spacial score (nSPS) is 10.2. The predicted octanol–water partition coefficient (Wildman–Crippen LogP) is 2.75. The third-order valence-electron chi connectivity index (χ3n) is 2.05. The maximum Gasteiger partial charge on any atom is 0.374 e. The lowest BCUT2D eigenvalue weighted by molar-refractivity contribution is 0.0488. The van der Waals surface area contributed by atoms with Gasteiger partial charge in [0.05, 0.1) is 11.5 Å². The lowest BCUT2D eigenvalue weighted by Gasteiger charge is -1.96. The molecular weight excluding hydrogens is 240 g/mol. The van der Waals surface area contributed by atoms with E-state index in [4.69, 9.17) is 9.15 Å². The summed E-state index contributed by atoms with van der Waals surface area (Å²) in [5.74, 6) is -0.587. The smallest absolute Gasteiger partial charge is 0.374 e. The van der Waals surface area contributed by atoms with Crippen LogP contribution in [0, 0.1) is 0 Å². The Morgan fingerprint density at radius 3 is 2.71 bits per heavy atom. The SMILES string of the molecule is CCOC(=O)c1ccc(C(=O)c2cccs2)o1. The highest BCUT2D eigenvalue weighted by Crippen LogP contribution is 2.17. The van der Waals surface area contributed by atoms with E-state index in [1.54, 1.807) is 19.1 Å². The molecule has 0 amide bonds. The summed E-state index contributed by atoms with van der Waals surface area (Å²) in [6, 6.07) is 6.42. The molecule has 0 aliphatic carbocycles. The minimum Gasteiger partial charge on any atom is -0.460 e. The van der Waals surface area contributed by atoms with E-state index in [2.05, 4.69) is 0 Å². The summed E-state index contributed by atoms with van der Waals surface area (Å²) >= 11 is 1.33. The number of thiophene rings is 1. The summed E-state index contributed by atoms with van der Waals surface area (Å²) in [5, 5.41) is 1.81. The van der Waals surface area contributed by atoms with Crippen molar-refractivity contribution in [2.75, 3.05) is 6.61 Å². The number of hydrogen-bond donors (Lipinski definition) is 0. The van der Waals surface area contributed by atoms with Gasteiger partial charge >= 0.3 is 5.97 Å². The molecule has 17 heavy (non-hydrogen) atoms. The highest BCUT2D eigenvalue weighted by Gasteiger charge is 2.18. The molecule has 0 aliphatic heterocycles. The molecule has 0 aromatic carbocycles. The lowest BCUT2D eigenvalue weighted by Crippen LogP contribution is -2.03. The molecule has 2 aromatic rings. The van der Waals surface area contributed by atoms with Crippen LogP contribution in [0.15, 0.2) is 34.1 Å². The average molecular weight is 250 g/mol. The van der Waals surface area contributed by atoms with Crippen LogP contribution in [0.1, 0.15) is 32.9 Å². The van der Waals surface area contributed by atoms with E-state index in [0.29, 0.717) is 4.88 Å². The van der Waals surface area contributed by atoms with Crippen molar-refractivity contribution in [1.29, 1.82) is 0 Å². The number of hydrogen-bond acceptors (Lipinski definition) is 5. The van der Waals surface area contributed by atoms with Gasteiger partial charge in [0, 0.05) is 0 Å². The Hall–Kier alpha value is -1.88. The first-order chi connectivity index (χ1) is 8.22. The third kappa shape index (κ3) is 2.45. The Bertz CT molecular complexity index is 524. The molecule has 5 heteroatoms. The van der Waals surface area contributed by atoms with E-state index in [1.165, 1.54) is 23.5 Å². The number of rotatable bonds is 4. The van der Waals surface area contributed by atoms with Gasteiger partial charge in [0.25, 0.3) is 0 Å². The van der Waals surface area contributed by atoms with Crippen LogP contribution in [0.4, 0.5) is 0 Å². The van der Waals surface area contributed by atoms with E-state index in [0.717, 1.165) is 0 Å². The summed E-state index contributed by atoms with van der Waals surface area (Å²) in [5.41, 5.74) is 0. The van der Waals surface area contributed by atoms with Crippen LogP contribution in [0.5, 0.6) is 0 Å². The maximum absolute atomic E-state index is 11.9. The van der Waals surface area contributed by atoms with Gasteiger partial charge in [0.2, 0.25) is 11.5 Å². The Labute approximate surface area is 102 Å². The first kappa shape index (κ1) is 11.6. The molecule has 2 heterocycles. The zero-order valence-electron chi connectivity index (χ0n) is 9.14. The van der Waals surface area contributed by atoms with Crippen LogP contribution in [0.25, 0.3) is 0 Å². The van der Waals surface area contributed by atoms with Crippen molar-refractivity contribution in [2.45, 2.75) is 6.92 Å². The first-order valence-electron chi connectivity index (χ1n) is 5.07. The van der Waals surface area contributed by atoms with Gasteiger partial charge in [-0.15, -0.1) is 11.3 Å². The summed E-state index contributed by atoms with van der Waals surface area (Å²) in [7, 11) is 0. The van der Waals surface area contributed by atoms with Crippen molar-refractivity contribution in [3.05, 3.63) is 46.0 Å². The molecule has 0 N–H and O–H groups in total. The fourth-order valence-electron chi connectivity index (χ4n) is 1.30. The second-order valence-electron chi connectivity index (χ2n) is 3.19. The number of ketones is 1. The Morgan fingerprint density at radius 1 is 1.29 bits per heavy atom. The molecule has 2 aromatic heterocycles. The zero-order chi connectivity index (χ0) is 12.3. The van der Waals surface area contributed by atoms with Gasteiger partial charge in [-0.05, 0) is 30.5 Å². The average Bonchev–Trinajstić information content (AvgIpc) is 3.00. The second kappa shape index (κ2) is 4.97. The summed E-state index contributed by atoms with van der Waals surface area (Å²) in [6.45, 7) is 1.98. The van der Waals surface area contributed by atoms with Crippen LogP contribution in [-0.4, -0.2) is 18.4 Å². The van der Waals surface area contributed by atoms with E-state index in [-0.39, 0.29) is 23.9 Å². The lowest BCUT2D eigenvalue weighted by atomic mass is 10.2. The molecular formula is C12H10O4S. The van der Waals surface area contributed by atoms with Gasteiger partial charge in [-0.3, -0.25) is 4.79 Å². The molecule has 0 aliphatic rings. The topological polar surface area (TPSA) is 56.5 Å². The van der Waals surface area contributed by atoms with Crippen molar-refractivity contribution < 1.29 is 18.7 Å². The highest BCUT2D eigenvalue weighted by atomic mass is 32.1. The Kier molecular flexibility index (Phi) is 3.39. The fraction of sp³-hybridized carbons (Fsp3) is 0.167. The number of ether oxygens (including phenoxy) is 1. The summed E-state index contributed by atoms with van der Waals surface area (Å²) < 4.78 is 9.94. The minimum atomic E-state index is -0.558. The number of furan rings is 1. The largest absolute Gasteiger partial charge is 0.460 e. The molecule has 2 rings (SSSR count). The van der Waals surface area contributed by atoms with E-state index in [9.17, 15) is 9.59 Å². The van der Waals surface area contributed by atoms with Crippen LogP contribution in [-0.2, 0) is 4.74 Å². The first-order valence-corrected chi connectivity index (χ1v) is 5.95. The third-order valence-corrected chi connectivity index (χ3v) is 2.92. The second-order valence-corrected chi connectivity index (χ2v) is 4.14. The fourth-order valence-corrected chi connectivity index (χ4v) is 1.97. The van der Waals surface area contributed by atoms with E-state index >= 15 is 0 Å². The number of esters is 1. The van der Waals surface area contributed by atoms with Gasteiger partial charge in [0.15, 0.2) is 5.76 Å². The van der Waals surface area contributed by atoms with Gasteiger partial charge in [-0.25, -0.2) is 4.79 Å². The highest BCUT2D eigenvalue weighted by molar-refractivity contribution is 7.12. The monoisotopic (exact) mass is 250 g/mol. The van der Waals surface area contributed by atoms with E-state index in [1.807, 2.05) is 5.38 Å². The molecule has 0 unspecified atom stereocenters. The molecule has 0 saturated heterocycles. The summed E-state index contributed by atoms with van der Waals surface area (Å²) in [6.07, 6.45) is 0. The van der Waals surface area contributed by atoms with Crippen LogP contribution in [0.3, 0.4) is 0 Å². The van der Waals surface area contributed by atoms with Crippen molar-refractivity contribution in [1.82, 2.24) is 0 Å². The molecule has 0 saturated carbocycles. The summed E-state index contributed by atoms with van der Waals surface area (Å²) in [4.78, 5) is 23.8. The van der Waals surface area contributed by atoms with Gasteiger partial charge in [-0.1, -0.05) is 6.07 Å². The van der Waals surface area contributed by atoms with Gasteiger partial charge < -0.3 is 9.15 Å². The van der Waals surface area contributed by atoms with E-state index < -0.39 is 5.97 Å². The molecule has 0 bridgehead atoms. The van der Waals surface area contributed by atoms with Crippen LogP contribution >= 0.6 is 11.3 Å². The molecule has 0 fully saturated rings. The van der Waals surface area contributed by atoms with Gasteiger partial charge in [-0.2, -0.15) is 0 Å². The number of carbonyl (C=O) groups excluding carboxylic acids is 2.